The second-order valence-corrected chi connectivity index (χ2v) is 7.00. The lowest BCUT2D eigenvalue weighted by molar-refractivity contribution is 0.0983. The lowest BCUT2D eigenvalue weighted by Gasteiger charge is -2.06. The number of carbonyl (C=O) groups excluding carboxylic acids is 1. The molecule has 0 saturated carbocycles. The molecule has 4 heteroatoms. The van der Waals surface area contributed by atoms with Gasteiger partial charge in [0.2, 0.25) is 0 Å². The summed E-state index contributed by atoms with van der Waals surface area (Å²) >= 11 is 0. The van der Waals surface area contributed by atoms with Gasteiger partial charge in [-0.1, -0.05) is 51.1 Å². The van der Waals surface area contributed by atoms with Gasteiger partial charge >= 0.3 is 0 Å². The smallest absolute Gasteiger partial charge is 0.179 e. The fraction of sp³-hybridized carbons (Fsp3) is 0.400. The number of Topliss-reactive ketones (excluding diaryl/α,β-unsaturated/α-hetero) is 1. The Labute approximate surface area is 174 Å². The number of H-pyrrole nitrogens is 1. The molecule has 29 heavy (non-hydrogen) atoms. The van der Waals surface area contributed by atoms with Crippen LogP contribution < -0.4 is 4.74 Å². The van der Waals surface area contributed by atoms with Crippen molar-refractivity contribution >= 4 is 16.7 Å². The van der Waals surface area contributed by atoms with Crippen molar-refractivity contribution in [2.75, 3.05) is 13.2 Å². The van der Waals surface area contributed by atoms with Crippen molar-refractivity contribution < 1.29 is 14.3 Å². The van der Waals surface area contributed by atoms with Gasteiger partial charge in [-0.2, -0.15) is 0 Å². The SMILES string of the molecule is CCC(=O)c1[nH]c2ccc(OCc3ccccc3)cc2c1C.CCCOCCC. The Kier molecular flexibility index (Phi) is 9.45. The molecule has 1 N–H and O–H groups in total. The van der Waals surface area contributed by atoms with E-state index in [1.54, 1.807) is 0 Å². The van der Waals surface area contributed by atoms with E-state index in [-0.39, 0.29) is 5.78 Å². The molecule has 2 aromatic carbocycles. The molecule has 0 bridgehead atoms. The zero-order valence-corrected chi connectivity index (χ0v) is 18.1. The van der Waals surface area contributed by atoms with E-state index >= 15 is 0 Å². The fourth-order valence-corrected chi connectivity index (χ4v) is 2.98. The monoisotopic (exact) mass is 395 g/mol. The van der Waals surface area contributed by atoms with Gasteiger partial charge < -0.3 is 14.5 Å². The molecule has 0 saturated heterocycles. The summed E-state index contributed by atoms with van der Waals surface area (Å²) in [7, 11) is 0. The molecule has 0 atom stereocenters. The zero-order chi connectivity index (χ0) is 21.1. The molecule has 3 rings (SSSR count). The van der Waals surface area contributed by atoms with Crippen LogP contribution in [-0.2, 0) is 11.3 Å². The first-order valence-electron chi connectivity index (χ1n) is 10.5. The number of hydrogen-bond acceptors (Lipinski definition) is 3. The third-order valence-corrected chi connectivity index (χ3v) is 4.57. The van der Waals surface area contributed by atoms with Gasteiger partial charge in [0.15, 0.2) is 5.78 Å². The number of aromatic amines is 1. The predicted octanol–water partition coefficient (Wildman–Crippen LogP) is 6.47. The first-order chi connectivity index (χ1) is 14.1. The van der Waals surface area contributed by atoms with Crippen LogP contribution in [0.5, 0.6) is 5.75 Å². The van der Waals surface area contributed by atoms with Gasteiger partial charge in [0, 0.05) is 30.5 Å². The molecule has 0 amide bonds. The van der Waals surface area contributed by atoms with Crippen LogP contribution in [-0.4, -0.2) is 24.0 Å². The quantitative estimate of drug-likeness (QED) is 0.334. The van der Waals surface area contributed by atoms with Crippen LogP contribution in [0.15, 0.2) is 48.5 Å². The third-order valence-electron chi connectivity index (χ3n) is 4.57. The van der Waals surface area contributed by atoms with E-state index in [2.05, 4.69) is 18.8 Å². The number of aromatic nitrogens is 1. The summed E-state index contributed by atoms with van der Waals surface area (Å²) in [5, 5.41) is 1.04. The summed E-state index contributed by atoms with van der Waals surface area (Å²) in [6.07, 6.45) is 2.78. The Balaban J connectivity index is 0.000000370. The van der Waals surface area contributed by atoms with Crippen molar-refractivity contribution in [1.29, 1.82) is 0 Å². The lowest BCUT2D eigenvalue weighted by Crippen LogP contribution is -1.98. The minimum absolute atomic E-state index is 0.139. The van der Waals surface area contributed by atoms with E-state index < -0.39 is 0 Å². The molecule has 0 aliphatic carbocycles. The molecule has 156 valence electrons. The number of rotatable bonds is 9. The number of nitrogens with one attached hydrogen (secondary N) is 1. The highest BCUT2D eigenvalue weighted by Gasteiger charge is 2.13. The maximum atomic E-state index is 11.9. The molecule has 0 fully saturated rings. The molecule has 0 unspecified atom stereocenters. The number of benzene rings is 2. The van der Waals surface area contributed by atoms with E-state index in [4.69, 9.17) is 9.47 Å². The molecule has 1 heterocycles. The van der Waals surface area contributed by atoms with Crippen LogP contribution in [0, 0.1) is 6.92 Å². The second-order valence-electron chi connectivity index (χ2n) is 7.00. The summed E-state index contributed by atoms with van der Waals surface area (Å²) in [5.74, 6) is 0.953. The van der Waals surface area contributed by atoms with Crippen molar-refractivity contribution in [1.82, 2.24) is 4.98 Å². The van der Waals surface area contributed by atoms with Crippen molar-refractivity contribution in [3.63, 3.8) is 0 Å². The summed E-state index contributed by atoms with van der Waals surface area (Å²) in [4.78, 5) is 15.1. The number of carbonyl (C=O) groups is 1. The first-order valence-corrected chi connectivity index (χ1v) is 10.5. The average Bonchev–Trinajstić information content (AvgIpc) is 3.09. The van der Waals surface area contributed by atoms with Gasteiger partial charge in [0.1, 0.15) is 12.4 Å². The van der Waals surface area contributed by atoms with Gasteiger partial charge in [0.05, 0.1) is 5.69 Å². The highest BCUT2D eigenvalue weighted by Crippen LogP contribution is 2.27. The average molecular weight is 396 g/mol. The number of fused-ring (bicyclic) bond motifs is 1. The van der Waals surface area contributed by atoms with Crippen LogP contribution in [0.1, 0.15) is 61.6 Å². The minimum atomic E-state index is 0.139. The third kappa shape index (κ3) is 6.75. The Bertz CT molecular complexity index is 880. The predicted molar refractivity (Wildman–Crippen MR) is 120 cm³/mol. The van der Waals surface area contributed by atoms with Crippen LogP contribution in [0.4, 0.5) is 0 Å². The lowest BCUT2D eigenvalue weighted by atomic mass is 10.1. The molecule has 4 nitrogen and oxygen atoms in total. The van der Waals surface area contributed by atoms with E-state index in [1.807, 2.05) is 62.4 Å². The normalized spacial score (nSPS) is 10.5. The van der Waals surface area contributed by atoms with Gasteiger partial charge in [-0.05, 0) is 49.1 Å². The van der Waals surface area contributed by atoms with Crippen molar-refractivity contribution in [3.8, 4) is 5.75 Å². The molecule has 0 aliphatic heterocycles. The fourth-order valence-electron chi connectivity index (χ4n) is 2.98. The van der Waals surface area contributed by atoms with E-state index in [0.29, 0.717) is 18.7 Å². The van der Waals surface area contributed by atoms with E-state index in [1.165, 1.54) is 0 Å². The Hall–Kier alpha value is -2.59. The van der Waals surface area contributed by atoms with E-state index in [0.717, 1.165) is 53.8 Å². The van der Waals surface area contributed by atoms with Gasteiger partial charge in [-0.3, -0.25) is 4.79 Å². The van der Waals surface area contributed by atoms with Crippen LogP contribution in [0.25, 0.3) is 10.9 Å². The van der Waals surface area contributed by atoms with Crippen LogP contribution in [0.2, 0.25) is 0 Å². The topological polar surface area (TPSA) is 51.3 Å². The molecular weight excluding hydrogens is 362 g/mol. The van der Waals surface area contributed by atoms with Crippen LogP contribution >= 0.6 is 0 Å². The van der Waals surface area contributed by atoms with E-state index in [9.17, 15) is 4.79 Å². The van der Waals surface area contributed by atoms with Crippen LogP contribution in [0.3, 0.4) is 0 Å². The number of aryl methyl sites for hydroxylation is 1. The molecule has 3 aromatic rings. The molecule has 0 radical (unpaired) electrons. The summed E-state index contributed by atoms with van der Waals surface area (Å²) < 4.78 is 11.0. The maximum absolute atomic E-state index is 11.9. The van der Waals surface area contributed by atoms with Crippen molar-refractivity contribution in [2.45, 2.75) is 53.6 Å². The standard InChI is InChI=1S/C19H19NO2.C6H14O/c1-3-18(21)19-13(2)16-11-15(9-10-17(16)20-19)22-12-14-7-5-4-6-8-14;1-3-5-7-6-4-2/h4-11,20H,3,12H2,1-2H3;3-6H2,1-2H3. The molecule has 0 spiro atoms. The Morgan fingerprint density at radius 3 is 2.28 bits per heavy atom. The molecule has 1 aromatic heterocycles. The maximum Gasteiger partial charge on any atom is 0.179 e. The van der Waals surface area contributed by atoms with Gasteiger partial charge in [-0.15, -0.1) is 0 Å². The summed E-state index contributed by atoms with van der Waals surface area (Å²) in [6, 6.07) is 16.0. The first kappa shape index (κ1) is 22.7. The zero-order valence-electron chi connectivity index (χ0n) is 18.1. The minimum Gasteiger partial charge on any atom is -0.489 e. The number of hydrogen-bond donors (Lipinski definition) is 1. The van der Waals surface area contributed by atoms with Crippen molar-refractivity contribution in [3.05, 3.63) is 65.4 Å². The second kappa shape index (κ2) is 12.1. The highest BCUT2D eigenvalue weighted by atomic mass is 16.5. The number of ether oxygens (including phenoxy) is 2. The number of ketones is 1. The summed E-state index contributed by atoms with van der Waals surface area (Å²) in [5.41, 5.74) is 3.81. The summed E-state index contributed by atoms with van der Waals surface area (Å²) in [6.45, 7) is 10.5. The van der Waals surface area contributed by atoms with Crippen molar-refractivity contribution in [2.24, 2.45) is 0 Å². The molecular formula is C25H33NO3. The largest absolute Gasteiger partial charge is 0.489 e. The molecule has 0 aliphatic rings. The van der Waals surface area contributed by atoms with Gasteiger partial charge in [-0.25, -0.2) is 0 Å². The van der Waals surface area contributed by atoms with Gasteiger partial charge in [0.25, 0.3) is 0 Å². The Morgan fingerprint density at radius 2 is 1.66 bits per heavy atom. The Morgan fingerprint density at radius 1 is 0.966 bits per heavy atom. The highest BCUT2D eigenvalue weighted by molar-refractivity contribution is 6.02.